The maximum absolute atomic E-state index is 11.4. The predicted octanol–water partition coefficient (Wildman–Crippen LogP) is 1.50. The molecular formula is C9H13O2. The minimum atomic E-state index is -0.742. The molecule has 1 rings (SSSR count). The molecule has 0 bridgehead atoms. The van der Waals surface area contributed by atoms with E-state index in [-0.39, 0.29) is 5.78 Å². The number of rotatable bonds is 0. The van der Waals surface area contributed by atoms with Crippen LogP contribution in [0.25, 0.3) is 0 Å². The van der Waals surface area contributed by atoms with Gasteiger partial charge in [-0.3, -0.25) is 4.79 Å². The lowest BCUT2D eigenvalue weighted by Gasteiger charge is -2.21. The molecule has 0 atom stereocenters. The van der Waals surface area contributed by atoms with Gasteiger partial charge in [-0.15, -0.1) is 0 Å². The van der Waals surface area contributed by atoms with Crippen LogP contribution in [-0.4, -0.2) is 17.0 Å². The minimum absolute atomic E-state index is 0.0949. The fraction of sp³-hybridized carbons (Fsp3) is 0.667. The van der Waals surface area contributed by atoms with E-state index in [9.17, 15) is 4.79 Å². The van der Waals surface area contributed by atoms with Gasteiger partial charge in [0.1, 0.15) is 5.60 Å². The molecule has 0 saturated carbocycles. The van der Waals surface area contributed by atoms with Gasteiger partial charge >= 0.3 is 0 Å². The molecule has 0 unspecified atom stereocenters. The molecule has 0 aromatic carbocycles. The molecule has 1 fully saturated rings. The first-order valence-corrected chi connectivity index (χ1v) is 3.65. The lowest BCUT2D eigenvalue weighted by atomic mass is 9.94. The third kappa shape index (κ3) is 1.11. The molecule has 2 heteroatoms. The number of ether oxygens (including phenoxy) is 1. The van der Waals surface area contributed by atoms with Crippen molar-refractivity contribution in [2.45, 2.75) is 38.9 Å². The molecule has 0 amide bonds. The number of hydrogen-bond acceptors (Lipinski definition) is 2. The van der Waals surface area contributed by atoms with Crippen molar-refractivity contribution in [2.75, 3.05) is 0 Å². The van der Waals surface area contributed by atoms with E-state index in [4.69, 9.17) is 11.3 Å². The molecule has 1 saturated heterocycles. The van der Waals surface area contributed by atoms with Gasteiger partial charge in [0.2, 0.25) is 0 Å². The summed E-state index contributed by atoms with van der Waals surface area (Å²) in [4.78, 5) is 11.4. The Morgan fingerprint density at radius 1 is 1.18 bits per heavy atom. The molecular weight excluding hydrogens is 140 g/mol. The Bertz CT molecular complexity index is 200. The first-order chi connectivity index (χ1) is 4.77. The van der Waals surface area contributed by atoms with Crippen molar-refractivity contribution < 1.29 is 9.53 Å². The molecule has 1 heterocycles. The SMILES string of the molecule is [CH]=C1C(=O)C(C)(C)OC1(C)C. The van der Waals surface area contributed by atoms with Gasteiger partial charge in [-0.25, -0.2) is 0 Å². The Morgan fingerprint density at radius 2 is 1.64 bits per heavy atom. The molecule has 1 aliphatic heterocycles. The molecule has 2 nitrogen and oxygen atoms in total. The second-order valence-corrected chi connectivity index (χ2v) is 3.87. The van der Waals surface area contributed by atoms with Gasteiger partial charge in [0.15, 0.2) is 5.78 Å². The fourth-order valence-electron chi connectivity index (χ4n) is 1.34. The molecule has 1 radical (unpaired) electrons. The van der Waals surface area contributed by atoms with Gasteiger partial charge in [0, 0.05) is 5.57 Å². The van der Waals surface area contributed by atoms with Gasteiger partial charge < -0.3 is 4.74 Å². The van der Waals surface area contributed by atoms with Crippen molar-refractivity contribution in [3.63, 3.8) is 0 Å². The zero-order chi connectivity index (χ0) is 8.86. The van der Waals surface area contributed by atoms with Crippen molar-refractivity contribution in [1.82, 2.24) is 0 Å². The summed E-state index contributed by atoms with van der Waals surface area (Å²) in [6, 6.07) is 0. The van der Waals surface area contributed by atoms with Gasteiger partial charge in [0.25, 0.3) is 0 Å². The highest BCUT2D eigenvalue weighted by atomic mass is 16.5. The first kappa shape index (κ1) is 8.47. The van der Waals surface area contributed by atoms with Crippen molar-refractivity contribution in [2.24, 2.45) is 0 Å². The zero-order valence-electron chi connectivity index (χ0n) is 7.39. The second-order valence-electron chi connectivity index (χ2n) is 3.87. The number of Topliss-reactive ketones (excluding diaryl/α,β-unsaturated/α-hetero) is 1. The van der Waals surface area contributed by atoms with Crippen LogP contribution in [0.15, 0.2) is 5.57 Å². The van der Waals surface area contributed by atoms with E-state index in [0.29, 0.717) is 5.57 Å². The zero-order valence-corrected chi connectivity index (χ0v) is 7.39. The molecule has 0 N–H and O–H groups in total. The van der Waals surface area contributed by atoms with Gasteiger partial charge in [-0.2, -0.15) is 0 Å². The van der Waals surface area contributed by atoms with E-state index in [1.807, 2.05) is 0 Å². The van der Waals surface area contributed by atoms with Crippen LogP contribution in [0.1, 0.15) is 27.7 Å². The maximum atomic E-state index is 11.4. The van der Waals surface area contributed by atoms with Crippen LogP contribution >= 0.6 is 0 Å². The normalized spacial score (nSPS) is 27.6. The summed E-state index contributed by atoms with van der Waals surface area (Å²) in [5.41, 5.74) is -1.02. The standard InChI is InChI=1S/C9H13O2/c1-6-7(10)9(4,5)11-8(6,2)3/h1H,2-5H3. The number of carbonyl (C=O) groups excluding carboxylic acids is 1. The van der Waals surface area contributed by atoms with E-state index in [2.05, 4.69) is 0 Å². The summed E-state index contributed by atoms with van der Waals surface area (Å²) in [7, 11) is 0. The average Bonchev–Trinajstić information content (AvgIpc) is 1.91. The van der Waals surface area contributed by atoms with Crippen LogP contribution in [0.2, 0.25) is 0 Å². The summed E-state index contributed by atoms with van der Waals surface area (Å²) in [5, 5.41) is 0. The minimum Gasteiger partial charge on any atom is -0.357 e. The summed E-state index contributed by atoms with van der Waals surface area (Å²) in [6.07, 6.45) is 0. The van der Waals surface area contributed by atoms with Crippen molar-refractivity contribution in [3.05, 3.63) is 12.2 Å². The van der Waals surface area contributed by atoms with Crippen molar-refractivity contribution in [1.29, 1.82) is 0 Å². The topological polar surface area (TPSA) is 26.3 Å². The van der Waals surface area contributed by atoms with Crippen molar-refractivity contribution >= 4 is 5.78 Å². The van der Waals surface area contributed by atoms with E-state index in [1.165, 1.54) is 0 Å². The third-order valence-electron chi connectivity index (χ3n) is 1.95. The monoisotopic (exact) mass is 153 g/mol. The summed E-state index contributed by atoms with van der Waals surface area (Å²) in [6.45, 7) is 12.6. The molecule has 0 aromatic heterocycles. The summed E-state index contributed by atoms with van der Waals surface area (Å²) >= 11 is 0. The summed E-state index contributed by atoms with van der Waals surface area (Å²) in [5.74, 6) is -0.0949. The molecule has 61 valence electrons. The third-order valence-corrected chi connectivity index (χ3v) is 1.95. The number of hydrogen-bond donors (Lipinski definition) is 0. The molecule has 0 aliphatic carbocycles. The molecule has 0 aromatic rings. The Labute approximate surface area is 67.2 Å². The van der Waals surface area contributed by atoms with Gasteiger partial charge in [0.05, 0.1) is 5.60 Å². The highest BCUT2D eigenvalue weighted by Gasteiger charge is 2.48. The van der Waals surface area contributed by atoms with Crippen LogP contribution < -0.4 is 0 Å². The van der Waals surface area contributed by atoms with E-state index < -0.39 is 11.2 Å². The number of carbonyl (C=O) groups is 1. The van der Waals surface area contributed by atoms with E-state index in [1.54, 1.807) is 27.7 Å². The average molecular weight is 153 g/mol. The summed E-state index contributed by atoms with van der Waals surface area (Å²) < 4.78 is 5.45. The molecule has 0 spiro atoms. The molecule has 11 heavy (non-hydrogen) atoms. The van der Waals surface area contributed by atoms with Gasteiger partial charge in [-0.05, 0) is 27.7 Å². The van der Waals surface area contributed by atoms with Gasteiger partial charge in [-0.1, -0.05) is 6.58 Å². The lowest BCUT2D eigenvalue weighted by molar-refractivity contribution is -0.132. The van der Waals surface area contributed by atoms with Crippen molar-refractivity contribution in [3.8, 4) is 0 Å². The highest BCUT2D eigenvalue weighted by Crippen LogP contribution is 2.37. The highest BCUT2D eigenvalue weighted by molar-refractivity contribution is 6.04. The maximum Gasteiger partial charge on any atom is 0.192 e. The Balaban J connectivity index is 3.06. The van der Waals surface area contributed by atoms with E-state index >= 15 is 0 Å². The Kier molecular flexibility index (Phi) is 1.50. The van der Waals surface area contributed by atoms with Crippen LogP contribution in [0.4, 0.5) is 0 Å². The molecule has 1 aliphatic rings. The largest absolute Gasteiger partial charge is 0.357 e. The second kappa shape index (κ2) is 1.95. The Morgan fingerprint density at radius 3 is 1.73 bits per heavy atom. The smallest absolute Gasteiger partial charge is 0.192 e. The van der Waals surface area contributed by atoms with Crippen LogP contribution in [0.3, 0.4) is 0 Å². The van der Waals surface area contributed by atoms with E-state index in [0.717, 1.165) is 0 Å². The van der Waals surface area contributed by atoms with Crippen LogP contribution in [0.5, 0.6) is 0 Å². The lowest BCUT2D eigenvalue weighted by Crippen LogP contribution is -2.29. The van der Waals surface area contributed by atoms with Crippen LogP contribution in [0, 0.1) is 6.58 Å². The first-order valence-electron chi connectivity index (χ1n) is 3.65. The fourth-order valence-corrected chi connectivity index (χ4v) is 1.34. The Hall–Kier alpha value is -0.630. The van der Waals surface area contributed by atoms with Crippen LogP contribution in [-0.2, 0) is 9.53 Å². The quantitative estimate of drug-likeness (QED) is 0.493. The predicted molar refractivity (Wildman–Crippen MR) is 42.1 cm³/mol. The number of ketones is 1.